The maximum absolute atomic E-state index is 13.4. The van der Waals surface area contributed by atoms with Gasteiger partial charge in [0.05, 0.1) is 26.3 Å². The number of halogens is 1. The van der Waals surface area contributed by atoms with Gasteiger partial charge in [0.2, 0.25) is 11.0 Å². The number of aromatic nitrogens is 1. The van der Waals surface area contributed by atoms with Gasteiger partial charge in [-0.25, -0.2) is 14.7 Å². The third-order valence-electron chi connectivity index (χ3n) is 5.66. The van der Waals surface area contributed by atoms with Crippen molar-refractivity contribution in [1.29, 1.82) is 0 Å². The molecule has 0 aliphatic heterocycles. The topological polar surface area (TPSA) is 110 Å². The molecule has 9 nitrogen and oxygen atoms in total. The molecule has 3 aromatic rings. The van der Waals surface area contributed by atoms with E-state index in [1.54, 1.807) is 19.1 Å². The van der Waals surface area contributed by atoms with Crippen molar-refractivity contribution >= 4 is 55.9 Å². The van der Waals surface area contributed by atoms with Crippen LogP contribution in [-0.4, -0.2) is 44.1 Å². The van der Waals surface area contributed by atoms with E-state index in [1.807, 2.05) is 32.9 Å². The second-order valence-electron chi connectivity index (χ2n) is 8.40. The van der Waals surface area contributed by atoms with E-state index in [0.29, 0.717) is 32.1 Å². The Balaban J connectivity index is 1.92. The van der Waals surface area contributed by atoms with E-state index < -0.39 is 11.9 Å². The number of benzene rings is 2. The Bertz CT molecular complexity index is 1350. The molecule has 1 heterocycles. The number of nitrogens with one attached hydrogen (secondary N) is 2. The Labute approximate surface area is 228 Å². The van der Waals surface area contributed by atoms with E-state index in [9.17, 15) is 14.4 Å². The molecule has 2 aromatic carbocycles. The summed E-state index contributed by atoms with van der Waals surface area (Å²) in [7, 11) is 4.44. The Hall–Kier alpha value is -3.44. The lowest BCUT2D eigenvalue weighted by Crippen LogP contribution is -2.43. The van der Waals surface area contributed by atoms with E-state index in [1.165, 1.54) is 21.3 Å². The summed E-state index contributed by atoms with van der Waals surface area (Å²) in [4.78, 5) is 44.9. The van der Waals surface area contributed by atoms with Gasteiger partial charge in [0.1, 0.15) is 4.88 Å². The van der Waals surface area contributed by atoms with Crippen molar-refractivity contribution in [3.63, 3.8) is 0 Å². The molecule has 0 unspecified atom stereocenters. The monoisotopic (exact) mass is 588 g/mol. The quantitative estimate of drug-likeness (QED) is 0.386. The molecule has 0 aliphatic rings. The number of ether oxygens (including phenoxy) is 2. The van der Waals surface area contributed by atoms with Crippen LogP contribution in [-0.2, 0) is 11.2 Å². The van der Waals surface area contributed by atoms with Gasteiger partial charge in [0.25, 0.3) is 5.91 Å². The number of carbonyl (C=O) groups excluding carboxylic acids is 3. The first-order chi connectivity index (χ1) is 17.5. The van der Waals surface area contributed by atoms with Gasteiger partial charge in [-0.15, -0.1) is 0 Å². The Morgan fingerprint density at radius 2 is 1.59 bits per heavy atom. The van der Waals surface area contributed by atoms with Crippen LogP contribution in [0.5, 0.6) is 11.5 Å². The fourth-order valence-corrected chi connectivity index (χ4v) is 5.37. The number of methoxy groups -OCH3 is 2. The van der Waals surface area contributed by atoms with Crippen LogP contribution in [0.3, 0.4) is 0 Å². The van der Waals surface area contributed by atoms with Gasteiger partial charge < -0.3 is 20.1 Å². The molecule has 0 fully saturated rings. The maximum Gasteiger partial charge on any atom is 0.330 e. The third kappa shape index (κ3) is 6.11. The molecule has 0 radical (unpaired) electrons. The van der Waals surface area contributed by atoms with Crippen molar-refractivity contribution in [3.05, 3.63) is 61.6 Å². The average Bonchev–Trinajstić information content (AvgIpc) is 3.22. The van der Waals surface area contributed by atoms with E-state index in [4.69, 9.17) is 9.47 Å². The van der Waals surface area contributed by atoms with E-state index in [0.717, 1.165) is 38.6 Å². The van der Waals surface area contributed by atoms with Crippen molar-refractivity contribution in [2.45, 2.75) is 34.1 Å². The smallest absolute Gasteiger partial charge is 0.330 e. The minimum absolute atomic E-state index is 0.0981. The number of urea groups is 1. The molecule has 37 heavy (non-hydrogen) atoms. The van der Waals surface area contributed by atoms with Gasteiger partial charge in [-0.05, 0) is 56.5 Å². The molecular weight excluding hydrogens is 560 g/mol. The molecule has 11 heteroatoms. The number of carbonyl (C=O) groups is 3. The highest BCUT2D eigenvalue weighted by Gasteiger charge is 2.29. The molecule has 0 bridgehead atoms. The van der Waals surface area contributed by atoms with Crippen molar-refractivity contribution in [2.75, 3.05) is 31.5 Å². The van der Waals surface area contributed by atoms with E-state index in [-0.39, 0.29) is 17.5 Å². The lowest BCUT2D eigenvalue weighted by Gasteiger charge is -2.18. The zero-order valence-corrected chi connectivity index (χ0v) is 24.1. The maximum atomic E-state index is 13.4. The van der Waals surface area contributed by atoms with Gasteiger partial charge in [-0.2, -0.15) is 0 Å². The molecule has 3 rings (SSSR count). The van der Waals surface area contributed by atoms with Gasteiger partial charge >= 0.3 is 6.03 Å². The fourth-order valence-electron chi connectivity index (χ4n) is 3.93. The summed E-state index contributed by atoms with van der Waals surface area (Å²) in [5.41, 5.74) is 4.71. The van der Waals surface area contributed by atoms with Crippen LogP contribution in [0, 0.1) is 27.7 Å². The lowest BCUT2D eigenvalue weighted by atomic mass is 10.1. The van der Waals surface area contributed by atoms with Crippen LogP contribution < -0.4 is 25.0 Å². The van der Waals surface area contributed by atoms with E-state index in [2.05, 4.69) is 31.5 Å². The zero-order chi connectivity index (χ0) is 27.4. The number of hydrogen-bond acceptors (Lipinski definition) is 7. The minimum atomic E-state index is -0.660. The molecule has 0 aliphatic carbocycles. The first-order valence-corrected chi connectivity index (χ1v) is 12.9. The number of thiazole rings is 1. The van der Waals surface area contributed by atoms with Gasteiger partial charge in [-0.1, -0.05) is 45.0 Å². The number of hydrogen-bond donors (Lipinski definition) is 2. The summed E-state index contributed by atoms with van der Waals surface area (Å²) in [6.45, 7) is 7.52. The predicted molar refractivity (Wildman–Crippen MR) is 148 cm³/mol. The average molecular weight is 590 g/mol. The van der Waals surface area contributed by atoms with Crippen LogP contribution in [0.4, 0.5) is 15.6 Å². The van der Waals surface area contributed by atoms with Crippen molar-refractivity contribution in [2.24, 2.45) is 0 Å². The van der Waals surface area contributed by atoms with Crippen LogP contribution in [0.2, 0.25) is 0 Å². The lowest BCUT2D eigenvalue weighted by molar-refractivity contribution is -0.117. The number of rotatable bonds is 7. The fraction of sp³-hybridized carbons (Fsp3) is 0.308. The molecule has 0 saturated heterocycles. The highest BCUT2D eigenvalue weighted by molar-refractivity contribution is 9.10. The summed E-state index contributed by atoms with van der Waals surface area (Å²) < 4.78 is 11.3. The van der Waals surface area contributed by atoms with Crippen molar-refractivity contribution < 1.29 is 23.9 Å². The summed E-state index contributed by atoms with van der Waals surface area (Å²) >= 11 is 4.42. The Morgan fingerprint density at radius 1 is 1.00 bits per heavy atom. The summed E-state index contributed by atoms with van der Waals surface area (Å²) in [6.07, 6.45) is -0.129. The largest absolute Gasteiger partial charge is 0.493 e. The zero-order valence-electron chi connectivity index (χ0n) is 21.7. The second-order valence-corrected chi connectivity index (χ2v) is 10.2. The molecule has 0 atom stereocenters. The van der Waals surface area contributed by atoms with Crippen molar-refractivity contribution in [1.82, 2.24) is 10.3 Å². The molecule has 0 spiro atoms. The van der Waals surface area contributed by atoms with Crippen molar-refractivity contribution in [3.8, 4) is 11.5 Å². The first-order valence-electron chi connectivity index (χ1n) is 11.3. The van der Waals surface area contributed by atoms with Crippen LogP contribution >= 0.6 is 27.3 Å². The number of aryl methyl sites for hydroxylation is 4. The predicted octanol–water partition coefficient (Wildman–Crippen LogP) is 5.32. The number of amides is 4. The normalized spacial score (nSPS) is 10.6. The number of anilines is 2. The SMILES string of the molecule is CNC(=O)N(C(=O)Cc1cc(OC)c(OC)cc1Br)c1nc(C)c(C(=O)Nc2c(C)cc(C)cc2C)s1. The molecule has 1 aromatic heterocycles. The van der Waals surface area contributed by atoms with Crippen LogP contribution in [0.25, 0.3) is 0 Å². The second kappa shape index (κ2) is 11.7. The van der Waals surface area contributed by atoms with E-state index >= 15 is 0 Å². The Morgan fingerprint density at radius 3 is 2.16 bits per heavy atom. The molecule has 0 saturated carbocycles. The minimum Gasteiger partial charge on any atom is -0.493 e. The highest BCUT2D eigenvalue weighted by Crippen LogP contribution is 2.34. The highest BCUT2D eigenvalue weighted by atomic mass is 79.9. The molecule has 4 amide bonds. The summed E-state index contributed by atoms with van der Waals surface area (Å²) in [5.74, 6) is 0.0613. The number of nitrogens with zero attached hydrogens (tertiary/aromatic N) is 2. The summed E-state index contributed by atoms with van der Waals surface area (Å²) in [5, 5.41) is 5.53. The first kappa shape index (κ1) is 28.1. The van der Waals surface area contributed by atoms with Crippen LogP contribution in [0.1, 0.15) is 37.6 Å². The van der Waals surface area contributed by atoms with Gasteiger partial charge in [0, 0.05) is 17.2 Å². The molecular formula is C26H29BrN4O5S. The summed E-state index contributed by atoms with van der Waals surface area (Å²) in [6, 6.07) is 6.68. The third-order valence-corrected chi connectivity index (χ3v) is 7.54. The van der Waals surface area contributed by atoms with Crippen LogP contribution in [0.15, 0.2) is 28.7 Å². The molecule has 2 N–H and O–H groups in total. The Kier molecular flexibility index (Phi) is 8.93. The van der Waals surface area contributed by atoms with Gasteiger partial charge in [-0.3, -0.25) is 9.59 Å². The molecule has 196 valence electrons. The number of imide groups is 1. The standard InChI is InChI=1S/C26H29BrN4O5S/c1-13-8-14(2)22(15(3)9-13)30-24(33)23-16(4)29-26(37-23)31(25(34)28-5)21(32)11-17-10-19(35-6)20(36-7)12-18(17)27/h8-10,12H,11H2,1-7H3,(H,28,34)(H,30,33). The van der Waals surface area contributed by atoms with Gasteiger partial charge in [0.15, 0.2) is 11.5 Å².